The third-order valence-corrected chi connectivity index (χ3v) is 5.72. The number of rotatable bonds is 7. The second kappa shape index (κ2) is 9.49. The largest absolute Gasteiger partial charge is 0.494 e. The van der Waals surface area contributed by atoms with Crippen LogP contribution in [0.4, 0.5) is 8.78 Å². The van der Waals surface area contributed by atoms with Crippen LogP contribution in [0.5, 0.6) is 5.75 Å². The van der Waals surface area contributed by atoms with Crippen molar-refractivity contribution < 1.29 is 13.5 Å². The zero-order valence-electron chi connectivity index (χ0n) is 16.6. The van der Waals surface area contributed by atoms with Crippen LogP contribution >= 0.6 is 23.4 Å². The van der Waals surface area contributed by atoms with Gasteiger partial charge in [0, 0.05) is 27.6 Å². The number of halogens is 3. The Morgan fingerprint density at radius 2 is 1.68 bits per heavy atom. The van der Waals surface area contributed by atoms with E-state index in [1.54, 1.807) is 12.1 Å². The van der Waals surface area contributed by atoms with Crippen LogP contribution in [0.15, 0.2) is 71.9 Å². The highest BCUT2D eigenvalue weighted by Gasteiger charge is 2.18. The lowest BCUT2D eigenvalue weighted by molar-refractivity contribution is 0.340. The quantitative estimate of drug-likeness (QED) is 0.295. The van der Waals surface area contributed by atoms with Gasteiger partial charge in [0.25, 0.3) is 0 Å². The summed E-state index contributed by atoms with van der Waals surface area (Å²) in [5, 5.41) is 9.70. The van der Waals surface area contributed by atoms with Crippen molar-refractivity contribution in [3.05, 3.63) is 89.0 Å². The predicted octanol–water partition coefficient (Wildman–Crippen LogP) is 6.56. The van der Waals surface area contributed by atoms with Crippen LogP contribution in [0.2, 0.25) is 5.02 Å². The standard InChI is InChI=1S/C23H18ClF2N3OS/c1-2-30-18-11-9-17(10-12-18)29-22(15-5-3-6-16(24)13-15)27-28-23(29)31-14-19-20(25)7-4-8-21(19)26/h3-13H,2,14H2,1H3. The van der Waals surface area contributed by atoms with Crippen LogP contribution < -0.4 is 4.74 Å². The lowest BCUT2D eigenvalue weighted by Gasteiger charge is -2.12. The first kappa shape index (κ1) is 21.3. The van der Waals surface area contributed by atoms with Crippen LogP contribution in [0, 0.1) is 11.6 Å². The van der Waals surface area contributed by atoms with Gasteiger partial charge in [0.1, 0.15) is 17.4 Å². The van der Waals surface area contributed by atoms with Crippen molar-refractivity contribution >= 4 is 23.4 Å². The molecule has 3 aromatic carbocycles. The zero-order valence-corrected chi connectivity index (χ0v) is 18.1. The minimum absolute atomic E-state index is 0.00181. The van der Waals surface area contributed by atoms with Gasteiger partial charge in [-0.1, -0.05) is 41.6 Å². The molecule has 4 aromatic rings. The Morgan fingerprint density at radius 3 is 2.35 bits per heavy atom. The molecule has 0 aliphatic heterocycles. The smallest absolute Gasteiger partial charge is 0.196 e. The van der Waals surface area contributed by atoms with Crippen molar-refractivity contribution in [3.63, 3.8) is 0 Å². The Labute approximate surface area is 187 Å². The third-order valence-electron chi connectivity index (χ3n) is 4.53. The molecule has 0 N–H and O–H groups in total. The molecule has 1 heterocycles. The summed E-state index contributed by atoms with van der Waals surface area (Å²) in [7, 11) is 0. The van der Waals surface area contributed by atoms with Crippen molar-refractivity contribution in [2.75, 3.05) is 6.61 Å². The van der Waals surface area contributed by atoms with Crippen molar-refractivity contribution in [2.24, 2.45) is 0 Å². The van der Waals surface area contributed by atoms with Gasteiger partial charge in [-0.05, 0) is 55.5 Å². The number of ether oxygens (including phenoxy) is 1. The van der Waals surface area contributed by atoms with E-state index in [9.17, 15) is 8.78 Å². The first-order chi connectivity index (χ1) is 15.1. The molecule has 0 radical (unpaired) electrons. The topological polar surface area (TPSA) is 39.9 Å². The van der Waals surface area contributed by atoms with Gasteiger partial charge in [-0.3, -0.25) is 4.57 Å². The summed E-state index contributed by atoms with van der Waals surface area (Å²) in [6, 6.07) is 18.6. The van der Waals surface area contributed by atoms with E-state index in [1.165, 1.54) is 30.0 Å². The molecule has 0 bridgehead atoms. The number of hydrogen-bond donors (Lipinski definition) is 0. The number of thioether (sulfide) groups is 1. The Kier molecular flexibility index (Phi) is 6.53. The van der Waals surface area contributed by atoms with Crippen LogP contribution in [-0.4, -0.2) is 21.4 Å². The number of aromatic nitrogens is 3. The van der Waals surface area contributed by atoms with E-state index in [0.29, 0.717) is 22.6 Å². The second-order valence-electron chi connectivity index (χ2n) is 6.57. The average molecular weight is 458 g/mol. The lowest BCUT2D eigenvalue weighted by atomic mass is 10.2. The average Bonchev–Trinajstić information content (AvgIpc) is 3.18. The van der Waals surface area contributed by atoms with Gasteiger partial charge in [-0.15, -0.1) is 10.2 Å². The first-order valence-electron chi connectivity index (χ1n) is 9.57. The molecule has 1 aromatic heterocycles. The van der Waals surface area contributed by atoms with E-state index in [-0.39, 0.29) is 11.3 Å². The maximum atomic E-state index is 14.1. The normalized spacial score (nSPS) is 11.0. The van der Waals surface area contributed by atoms with Gasteiger partial charge in [0.05, 0.1) is 6.61 Å². The molecule has 0 amide bonds. The Balaban J connectivity index is 1.74. The van der Waals surface area contributed by atoms with Crippen LogP contribution in [-0.2, 0) is 5.75 Å². The van der Waals surface area contributed by atoms with Crippen LogP contribution in [0.3, 0.4) is 0 Å². The van der Waals surface area contributed by atoms with Gasteiger partial charge in [-0.25, -0.2) is 8.78 Å². The highest BCUT2D eigenvalue weighted by molar-refractivity contribution is 7.98. The predicted molar refractivity (Wildman–Crippen MR) is 119 cm³/mol. The van der Waals surface area contributed by atoms with E-state index in [0.717, 1.165) is 17.0 Å². The molecule has 0 unspecified atom stereocenters. The Bertz CT molecular complexity index is 1180. The number of benzene rings is 3. The van der Waals surface area contributed by atoms with E-state index in [2.05, 4.69) is 10.2 Å². The summed E-state index contributed by atoms with van der Waals surface area (Å²) in [6.45, 7) is 2.48. The molecule has 0 fully saturated rings. The highest BCUT2D eigenvalue weighted by atomic mass is 35.5. The highest BCUT2D eigenvalue weighted by Crippen LogP contribution is 2.32. The zero-order chi connectivity index (χ0) is 21.8. The molecule has 0 aliphatic carbocycles. The minimum atomic E-state index is -0.588. The number of hydrogen-bond acceptors (Lipinski definition) is 4. The molecular formula is C23H18ClF2N3OS. The third kappa shape index (κ3) is 4.73. The van der Waals surface area contributed by atoms with Gasteiger partial charge in [0.15, 0.2) is 11.0 Å². The van der Waals surface area contributed by atoms with Crippen LogP contribution in [0.1, 0.15) is 12.5 Å². The second-order valence-corrected chi connectivity index (χ2v) is 7.95. The van der Waals surface area contributed by atoms with E-state index in [4.69, 9.17) is 16.3 Å². The van der Waals surface area contributed by atoms with Crippen molar-refractivity contribution in [1.82, 2.24) is 14.8 Å². The summed E-state index contributed by atoms with van der Waals surface area (Å²) in [5.74, 6) is 0.210. The molecule has 0 saturated carbocycles. The summed E-state index contributed by atoms with van der Waals surface area (Å²) < 4.78 is 35.5. The monoisotopic (exact) mass is 457 g/mol. The van der Waals surface area contributed by atoms with Gasteiger partial charge >= 0.3 is 0 Å². The molecule has 31 heavy (non-hydrogen) atoms. The van der Waals surface area contributed by atoms with Crippen molar-refractivity contribution in [2.45, 2.75) is 17.8 Å². The fraction of sp³-hybridized carbons (Fsp3) is 0.130. The molecule has 0 aliphatic rings. The summed E-state index contributed by atoms with van der Waals surface area (Å²) in [4.78, 5) is 0. The maximum absolute atomic E-state index is 14.1. The summed E-state index contributed by atoms with van der Waals surface area (Å²) in [6.07, 6.45) is 0. The van der Waals surface area contributed by atoms with E-state index in [1.807, 2.05) is 47.9 Å². The molecular weight excluding hydrogens is 440 g/mol. The molecule has 0 saturated heterocycles. The van der Waals surface area contributed by atoms with Gasteiger partial charge < -0.3 is 4.74 Å². The van der Waals surface area contributed by atoms with Gasteiger partial charge in [0.2, 0.25) is 0 Å². The minimum Gasteiger partial charge on any atom is -0.494 e. The lowest BCUT2D eigenvalue weighted by Crippen LogP contribution is -2.01. The van der Waals surface area contributed by atoms with E-state index < -0.39 is 11.6 Å². The number of nitrogens with zero attached hydrogens (tertiary/aromatic N) is 3. The molecule has 4 rings (SSSR count). The Hall–Kier alpha value is -2.90. The molecule has 158 valence electrons. The van der Waals surface area contributed by atoms with Gasteiger partial charge in [-0.2, -0.15) is 0 Å². The summed E-state index contributed by atoms with van der Waals surface area (Å²) >= 11 is 7.37. The SMILES string of the molecule is CCOc1ccc(-n2c(SCc3c(F)cccc3F)nnc2-c2cccc(Cl)c2)cc1. The fourth-order valence-electron chi connectivity index (χ4n) is 3.08. The first-order valence-corrected chi connectivity index (χ1v) is 10.9. The Morgan fingerprint density at radius 1 is 0.968 bits per heavy atom. The maximum Gasteiger partial charge on any atom is 0.196 e. The van der Waals surface area contributed by atoms with Crippen molar-refractivity contribution in [1.29, 1.82) is 0 Å². The van der Waals surface area contributed by atoms with Crippen LogP contribution in [0.25, 0.3) is 17.1 Å². The van der Waals surface area contributed by atoms with E-state index >= 15 is 0 Å². The fourth-order valence-corrected chi connectivity index (χ4v) is 4.23. The molecule has 8 heteroatoms. The molecule has 0 atom stereocenters. The molecule has 0 spiro atoms. The van der Waals surface area contributed by atoms with Crippen molar-refractivity contribution in [3.8, 4) is 22.8 Å². The summed E-state index contributed by atoms with van der Waals surface area (Å²) in [5.41, 5.74) is 1.57. The molecule has 4 nitrogen and oxygen atoms in total.